The average Bonchev–Trinajstić information content (AvgIpc) is 2.35. The zero-order valence-corrected chi connectivity index (χ0v) is 11.5. The number of likely N-dealkylation sites (N-methyl/N-ethyl adjacent to an activating group) is 1. The lowest BCUT2D eigenvalue weighted by Gasteiger charge is -2.28. The molecule has 0 bridgehead atoms. The summed E-state index contributed by atoms with van der Waals surface area (Å²) in [6.45, 7) is 4.45. The summed E-state index contributed by atoms with van der Waals surface area (Å²) in [5.41, 5.74) is 1.46. The van der Waals surface area contributed by atoms with Crippen LogP contribution in [0.25, 0.3) is 0 Å². The number of carbonyl (C=O) groups is 1. The molecule has 4 nitrogen and oxygen atoms in total. The number of carboxylic acid groups (broad SMARTS) is 1. The molecule has 1 aromatic rings. The van der Waals surface area contributed by atoms with E-state index < -0.39 is 11.5 Å². The van der Waals surface area contributed by atoms with Gasteiger partial charge in [-0.2, -0.15) is 0 Å². The standard InChI is InChI=1S/C14H22N2O2/c1-11-7-5-6-8-12(11)16(4)10-9-14(2,15-3)13(17)18/h5-8,15H,9-10H2,1-4H3,(H,17,18). The number of nitrogens with zero attached hydrogens (tertiary/aromatic N) is 1. The summed E-state index contributed by atoms with van der Waals surface area (Å²) in [5.74, 6) is -0.816. The molecule has 0 saturated heterocycles. The number of para-hydroxylation sites is 1. The first-order valence-electron chi connectivity index (χ1n) is 6.10. The third-order valence-electron chi connectivity index (χ3n) is 3.50. The van der Waals surface area contributed by atoms with Gasteiger partial charge in [0.2, 0.25) is 0 Å². The Morgan fingerprint density at radius 1 is 1.44 bits per heavy atom. The molecule has 100 valence electrons. The van der Waals surface area contributed by atoms with E-state index in [1.54, 1.807) is 14.0 Å². The highest BCUT2D eigenvalue weighted by atomic mass is 16.4. The van der Waals surface area contributed by atoms with Crippen LogP contribution in [-0.2, 0) is 4.79 Å². The monoisotopic (exact) mass is 250 g/mol. The van der Waals surface area contributed by atoms with Gasteiger partial charge in [0.15, 0.2) is 0 Å². The molecule has 1 unspecified atom stereocenters. The number of anilines is 1. The van der Waals surface area contributed by atoms with E-state index in [9.17, 15) is 9.90 Å². The van der Waals surface area contributed by atoms with Crippen LogP contribution in [-0.4, -0.2) is 37.3 Å². The van der Waals surface area contributed by atoms with Crippen LogP contribution in [0, 0.1) is 6.92 Å². The van der Waals surface area contributed by atoms with Gasteiger partial charge in [0.25, 0.3) is 0 Å². The van der Waals surface area contributed by atoms with Crippen LogP contribution in [0.2, 0.25) is 0 Å². The first-order valence-corrected chi connectivity index (χ1v) is 6.10. The molecule has 0 aliphatic rings. The molecule has 1 rings (SSSR count). The minimum absolute atomic E-state index is 0.545. The molecule has 0 amide bonds. The van der Waals surface area contributed by atoms with Gasteiger partial charge in [-0.05, 0) is 38.9 Å². The quantitative estimate of drug-likeness (QED) is 0.809. The highest BCUT2D eigenvalue weighted by Gasteiger charge is 2.30. The van der Waals surface area contributed by atoms with E-state index >= 15 is 0 Å². The molecule has 1 aromatic carbocycles. The number of hydrogen-bond donors (Lipinski definition) is 2. The van der Waals surface area contributed by atoms with Crippen molar-refractivity contribution in [3.8, 4) is 0 Å². The zero-order valence-electron chi connectivity index (χ0n) is 11.5. The van der Waals surface area contributed by atoms with Gasteiger partial charge in [-0.25, -0.2) is 0 Å². The van der Waals surface area contributed by atoms with Gasteiger partial charge >= 0.3 is 5.97 Å². The number of benzene rings is 1. The molecule has 0 radical (unpaired) electrons. The van der Waals surface area contributed by atoms with Crippen molar-refractivity contribution in [1.29, 1.82) is 0 Å². The van der Waals surface area contributed by atoms with E-state index in [0.717, 1.165) is 5.69 Å². The molecule has 1 atom stereocenters. The predicted octanol–water partition coefficient (Wildman–Crippen LogP) is 1.88. The molecular weight excluding hydrogens is 228 g/mol. The number of carboxylic acids is 1. The smallest absolute Gasteiger partial charge is 0.323 e. The highest BCUT2D eigenvalue weighted by Crippen LogP contribution is 2.19. The fourth-order valence-electron chi connectivity index (χ4n) is 1.84. The van der Waals surface area contributed by atoms with Crippen molar-refractivity contribution >= 4 is 11.7 Å². The second-order valence-electron chi connectivity index (χ2n) is 4.85. The van der Waals surface area contributed by atoms with Crippen LogP contribution in [0.1, 0.15) is 18.9 Å². The lowest BCUT2D eigenvalue weighted by Crippen LogP contribution is -2.49. The van der Waals surface area contributed by atoms with Crippen LogP contribution in [0.15, 0.2) is 24.3 Å². The zero-order chi connectivity index (χ0) is 13.8. The lowest BCUT2D eigenvalue weighted by molar-refractivity contribution is -0.144. The van der Waals surface area contributed by atoms with Crippen LogP contribution in [0.4, 0.5) is 5.69 Å². The molecule has 0 aliphatic carbocycles. The Morgan fingerprint density at radius 2 is 2.06 bits per heavy atom. The third-order valence-corrected chi connectivity index (χ3v) is 3.50. The fraction of sp³-hybridized carbons (Fsp3) is 0.500. The normalized spacial score (nSPS) is 14.0. The maximum absolute atomic E-state index is 11.2. The topological polar surface area (TPSA) is 52.6 Å². The molecule has 0 saturated carbocycles. The molecule has 0 spiro atoms. The SMILES string of the molecule is CNC(C)(CCN(C)c1ccccc1C)C(=O)O. The predicted molar refractivity (Wildman–Crippen MR) is 74.2 cm³/mol. The maximum atomic E-state index is 11.2. The molecule has 0 heterocycles. The Bertz CT molecular complexity index is 420. The lowest BCUT2D eigenvalue weighted by atomic mass is 9.98. The van der Waals surface area contributed by atoms with Crippen LogP contribution < -0.4 is 10.2 Å². The first-order chi connectivity index (χ1) is 8.40. The van der Waals surface area contributed by atoms with Gasteiger partial charge in [0.1, 0.15) is 5.54 Å². The molecule has 0 aromatic heterocycles. The first kappa shape index (κ1) is 14.5. The van der Waals surface area contributed by atoms with Gasteiger partial charge < -0.3 is 15.3 Å². The Hall–Kier alpha value is -1.55. The van der Waals surface area contributed by atoms with E-state index in [0.29, 0.717) is 13.0 Å². The second kappa shape index (κ2) is 5.87. The van der Waals surface area contributed by atoms with Gasteiger partial charge in [0.05, 0.1) is 0 Å². The summed E-state index contributed by atoms with van der Waals surface area (Å²) in [7, 11) is 3.67. The van der Waals surface area contributed by atoms with E-state index in [-0.39, 0.29) is 0 Å². The Labute approximate surface area is 109 Å². The largest absolute Gasteiger partial charge is 0.480 e. The van der Waals surface area contributed by atoms with E-state index in [1.165, 1.54) is 5.56 Å². The maximum Gasteiger partial charge on any atom is 0.323 e. The van der Waals surface area contributed by atoms with Crippen molar-refractivity contribution in [2.24, 2.45) is 0 Å². The minimum atomic E-state index is -0.878. The van der Waals surface area contributed by atoms with E-state index in [2.05, 4.69) is 23.2 Å². The summed E-state index contributed by atoms with van der Waals surface area (Å²) in [4.78, 5) is 13.3. The Morgan fingerprint density at radius 3 is 2.56 bits per heavy atom. The summed E-state index contributed by atoms with van der Waals surface area (Å²) in [6, 6.07) is 8.10. The van der Waals surface area contributed by atoms with Crippen LogP contribution >= 0.6 is 0 Å². The van der Waals surface area contributed by atoms with Gasteiger partial charge in [-0.1, -0.05) is 18.2 Å². The number of nitrogens with one attached hydrogen (secondary N) is 1. The molecular formula is C14H22N2O2. The molecule has 0 aliphatic heterocycles. The Kier molecular flexibility index (Phi) is 4.73. The van der Waals surface area contributed by atoms with Crippen molar-refractivity contribution in [3.63, 3.8) is 0 Å². The van der Waals surface area contributed by atoms with Crippen molar-refractivity contribution in [2.45, 2.75) is 25.8 Å². The van der Waals surface area contributed by atoms with Gasteiger partial charge in [-0.15, -0.1) is 0 Å². The molecule has 2 N–H and O–H groups in total. The Balaban J connectivity index is 2.69. The number of aryl methyl sites for hydroxylation is 1. The van der Waals surface area contributed by atoms with Crippen LogP contribution in [0.5, 0.6) is 0 Å². The van der Waals surface area contributed by atoms with E-state index in [1.807, 2.05) is 25.2 Å². The number of hydrogen-bond acceptors (Lipinski definition) is 3. The van der Waals surface area contributed by atoms with Gasteiger partial charge in [0, 0.05) is 19.3 Å². The highest BCUT2D eigenvalue weighted by molar-refractivity contribution is 5.78. The molecule has 18 heavy (non-hydrogen) atoms. The molecule has 0 fully saturated rings. The number of aliphatic carboxylic acids is 1. The van der Waals surface area contributed by atoms with Crippen molar-refractivity contribution < 1.29 is 9.90 Å². The van der Waals surface area contributed by atoms with Crippen molar-refractivity contribution in [2.75, 3.05) is 25.5 Å². The summed E-state index contributed by atoms with van der Waals surface area (Å²) in [5, 5.41) is 12.1. The van der Waals surface area contributed by atoms with Crippen molar-refractivity contribution in [3.05, 3.63) is 29.8 Å². The van der Waals surface area contributed by atoms with Gasteiger partial charge in [-0.3, -0.25) is 4.79 Å². The molecule has 4 heteroatoms. The fourth-order valence-corrected chi connectivity index (χ4v) is 1.84. The van der Waals surface area contributed by atoms with Crippen LogP contribution in [0.3, 0.4) is 0 Å². The van der Waals surface area contributed by atoms with E-state index in [4.69, 9.17) is 0 Å². The third kappa shape index (κ3) is 3.23. The summed E-state index contributed by atoms with van der Waals surface area (Å²) in [6.07, 6.45) is 0.545. The van der Waals surface area contributed by atoms with Crippen molar-refractivity contribution in [1.82, 2.24) is 5.32 Å². The number of rotatable bonds is 6. The summed E-state index contributed by atoms with van der Waals surface area (Å²) < 4.78 is 0. The average molecular weight is 250 g/mol. The minimum Gasteiger partial charge on any atom is -0.480 e. The summed E-state index contributed by atoms with van der Waals surface area (Å²) >= 11 is 0. The second-order valence-corrected chi connectivity index (χ2v) is 4.85.